The number of hydrogen-bond donors (Lipinski definition) is 1. The zero-order chi connectivity index (χ0) is 9.42. The van der Waals surface area contributed by atoms with Crippen LogP contribution in [0.25, 0.3) is 10.8 Å². The average Bonchev–Trinajstić information content (AvgIpc) is 2.08. The zero-order valence-electron chi connectivity index (χ0n) is 6.72. The zero-order valence-corrected chi connectivity index (χ0v) is 9.89. The molecule has 2 rings (SSSR count). The Balaban J connectivity index is 2.81. The molecule has 0 aliphatic carbocycles. The Morgan fingerprint density at radius 2 is 1.69 bits per heavy atom. The molecule has 0 atom stereocenters. The molecule has 0 amide bonds. The average molecular weight is 301 g/mol. The minimum atomic E-state index is 0.773. The lowest BCUT2D eigenvalue weighted by molar-refractivity contribution is 1.66. The number of hydrogen-bond acceptors (Lipinski definition) is 1. The fourth-order valence-corrected chi connectivity index (χ4v) is 2.00. The van der Waals surface area contributed by atoms with Crippen molar-refractivity contribution in [3.63, 3.8) is 0 Å². The van der Waals surface area contributed by atoms with Gasteiger partial charge < -0.3 is 5.73 Å². The van der Waals surface area contributed by atoms with Gasteiger partial charge in [-0.25, -0.2) is 0 Å². The van der Waals surface area contributed by atoms with E-state index in [9.17, 15) is 0 Å². The normalized spacial score (nSPS) is 10.6. The van der Waals surface area contributed by atoms with Gasteiger partial charge in [0.1, 0.15) is 0 Å². The van der Waals surface area contributed by atoms with E-state index >= 15 is 0 Å². The van der Waals surface area contributed by atoms with Crippen molar-refractivity contribution in [1.29, 1.82) is 0 Å². The van der Waals surface area contributed by atoms with Crippen molar-refractivity contribution < 1.29 is 0 Å². The molecule has 0 spiro atoms. The molecule has 2 aromatic rings. The second kappa shape index (κ2) is 3.31. The van der Waals surface area contributed by atoms with E-state index < -0.39 is 0 Å². The van der Waals surface area contributed by atoms with Gasteiger partial charge in [-0.05, 0) is 51.0 Å². The highest BCUT2D eigenvalue weighted by Gasteiger charge is 1.99. The molecule has 0 heterocycles. The Labute approximate surface area is 93.2 Å². The molecule has 2 aromatic carbocycles. The predicted molar refractivity (Wildman–Crippen MR) is 63.8 cm³/mol. The minimum absolute atomic E-state index is 0.773. The van der Waals surface area contributed by atoms with Crippen LogP contribution < -0.4 is 5.73 Å². The monoisotopic (exact) mass is 299 g/mol. The van der Waals surface area contributed by atoms with Gasteiger partial charge in [-0.15, -0.1) is 0 Å². The maximum Gasteiger partial charge on any atom is 0.0464 e. The van der Waals surface area contributed by atoms with Crippen LogP contribution in [-0.4, -0.2) is 0 Å². The van der Waals surface area contributed by atoms with Crippen LogP contribution in [-0.2, 0) is 0 Å². The molecular formula is C10H7Br2N. The standard InChI is InChI=1S/C10H7Br2N/c11-8-2-1-6-5-10(13)9(12)4-7(6)3-8/h1-5H,13H2. The van der Waals surface area contributed by atoms with E-state index in [-0.39, 0.29) is 0 Å². The summed E-state index contributed by atoms with van der Waals surface area (Å²) < 4.78 is 2.02. The maximum atomic E-state index is 5.77. The first-order valence-corrected chi connectivity index (χ1v) is 5.40. The van der Waals surface area contributed by atoms with Gasteiger partial charge in [0.25, 0.3) is 0 Å². The van der Waals surface area contributed by atoms with Crippen molar-refractivity contribution in [3.05, 3.63) is 39.3 Å². The van der Waals surface area contributed by atoms with Crippen LogP contribution in [0.4, 0.5) is 5.69 Å². The third-order valence-electron chi connectivity index (χ3n) is 1.92. The molecule has 0 saturated carbocycles. The molecule has 3 heteroatoms. The van der Waals surface area contributed by atoms with Gasteiger partial charge in [-0.3, -0.25) is 0 Å². The maximum absolute atomic E-state index is 5.77. The molecule has 13 heavy (non-hydrogen) atoms. The summed E-state index contributed by atoms with van der Waals surface area (Å²) in [6.07, 6.45) is 0. The largest absolute Gasteiger partial charge is 0.398 e. The number of rotatable bonds is 0. The first-order chi connectivity index (χ1) is 6.16. The molecule has 0 aliphatic heterocycles. The molecule has 0 saturated heterocycles. The van der Waals surface area contributed by atoms with Gasteiger partial charge in [-0.1, -0.05) is 22.0 Å². The third kappa shape index (κ3) is 1.71. The molecule has 0 unspecified atom stereocenters. The summed E-state index contributed by atoms with van der Waals surface area (Å²) in [7, 11) is 0. The highest BCUT2D eigenvalue weighted by atomic mass is 79.9. The van der Waals surface area contributed by atoms with Gasteiger partial charge in [0, 0.05) is 14.6 Å². The Hall–Kier alpha value is -0.540. The summed E-state index contributed by atoms with van der Waals surface area (Å²) in [6, 6.07) is 10.1. The Bertz CT molecular complexity index is 466. The highest BCUT2D eigenvalue weighted by molar-refractivity contribution is 9.10. The van der Waals surface area contributed by atoms with Crippen molar-refractivity contribution in [1.82, 2.24) is 0 Å². The van der Waals surface area contributed by atoms with Crippen LogP contribution in [0.1, 0.15) is 0 Å². The molecule has 0 bridgehead atoms. The molecule has 0 aromatic heterocycles. The lowest BCUT2D eigenvalue weighted by Gasteiger charge is -2.02. The number of nitrogens with two attached hydrogens (primary N) is 1. The summed E-state index contributed by atoms with van der Waals surface area (Å²) in [5, 5.41) is 2.33. The number of halogens is 2. The van der Waals surface area contributed by atoms with E-state index in [0.717, 1.165) is 20.0 Å². The van der Waals surface area contributed by atoms with Crippen molar-refractivity contribution >= 4 is 48.3 Å². The van der Waals surface area contributed by atoms with E-state index in [1.165, 1.54) is 5.39 Å². The Morgan fingerprint density at radius 3 is 2.46 bits per heavy atom. The van der Waals surface area contributed by atoms with Gasteiger partial charge in [0.2, 0.25) is 0 Å². The Morgan fingerprint density at radius 1 is 0.923 bits per heavy atom. The van der Waals surface area contributed by atoms with E-state index in [1.807, 2.05) is 24.3 Å². The highest BCUT2D eigenvalue weighted by Crippen LogP contribution is 2.27. The summed E-state index contributed by atoms with van der Waals surface area (Å²) in [6.45, 7) is 0. The van der Waals surface area contributed by atoms with Crippen LogP contribution in [0.2, 0.25) is 0 Å². The number of benzene rings is 2. The van der Waals surface area contributed by atoms with E-state index in [2.05, 4.69) is 37.9 Å². The van der Waals surface area contributed by atoms with Crippen LogP contribution in [0, 0.1) is 0 Å². The second-order valence-electron chi connectivity index (χ2n) is 2.87. The number of fused-ring (bicyclic) bond motifs is 1. The van der Waals surface area contributed by atoms with Crippen LogP contribution >= 0.6 is 31.9 Å². The third-order valence-corrected chi connectivity index (χ3v) is 3.10. The van der Waals surface area contributed by atoms with Gasteiger partial charge in [0.15, 0.2) is 0 Å². The van der Waals surface area contributed by atoms with Crippen LogP contribution in [0.5, 0.6) is 0 Å². The van der Waals surface area contributed by atoms with E-state index in [0.29, 0.717) is 0 Å². The van der Waals surface area contributed by atoms with Crippen molar-refractivity contribution in [3.8, 4) is 0 Å². The lowest BCUT2D eigenvalue weighted by Crippen LogP contribution is -1.86. The predicted octanol–water partition coefficient (Wildman–Crippen LogP) is 3.95. The topological polar surface area (TPSA) is 26.0 Å². The molecule has 0 fully saturated rings. The Kier molecular flexibility index (Phi) is 2.30. The van der Waals surface area contributed by atoms with Gasteiger partial charge >= 0.3 is 0 Å². The minimum Gasteiger partial charge on any atom is -0.398 e. The summed E-state index contributed by atoms with van der Waals surface area (Å²) in [5.41, 5.74) is 6.54. The number of anilines is 1. The molecule has 1 nitrogen and oxygen atoms in total. The lowest BCUT2D eigenvalue weighted by atomic mass is 10.1. The van der Waals surface area contributed by atoms with Crippen molar-refractivity contribution in [2.24, 2.45) is 0 Å². The molecular weight excluding hydrogens is 294 g/mol. The molecule has 0 aliphatic rings. The van der Waals surface area contributed by atoms with Crippen LogP contribution in [0.15, 0.2) is 39.3 Å². The fraction of sp³-hybridized carbons (Fsp3) is 0. The van der Waals surface area contributed by atoms with Crippen molar-refractivity contribution in [2.75, 3.05) is 5.73 Å². The molecule has 0 radical (unpaired) electrons. The summed E-state index contributed by atoms with van der Waals surface area (Å²) >= 11 is 6.83. The van der Waals surface area contributed by atoms with Crippen LogP contribution in [0.3, 0.4) is 0 Å². The van der Waals surface area contributed by atoms with Crippen molar-refractivity contribution in [2.45, 2.75) is 0 Å². The van der Waals surface area contributed by atoms with E-state index in [4.69, 9.17) is 5.73 Å². The van der Waals surface area contributed by atoms with Gasteiger partial charge in [-0.2, -0.15) is 0 Å². The summed E-state index contributed by atoms with van der Waals surface area (Å²) in [4.78, 5) is 0. The second-order valence-corrected chi connectivity index (χ2v) is 4.64. The smallest absolute Gasteiger partial charge is 0.0464 e. The fourth-order valence-electron chi connectivity index (χ4n) is 1.26. The number of nitrogen functional groups attached to an aromatic ring is 1. The summed E-state index contributed by atoms with van der Waals surface area (Å²) in [5.74, 6) is 0. The van der Waals surface area contributed by atoms with Gasteiger partial charge in [0.05, 0.1) is 0 Å². The first-order valence-electron chi connectivity index (χ1n) is 3.81. The quantitative estimate of drug-likeness (QED) is 0.733. The molecule has 2 N–H and O–H groups in total. The SMILES string of the molecule is Nc1cc2ccc(Br)cc2cc1Br. The van der Waals surface area contributed by atoms with E-state index in [1.54, 1.807) is 0 Å². The molecule has 66 valence electrons. The first kappa shape index (κ1) is 9.03.